The number of aryl methyl sites for hydroxylation is 1. The summed E-state index contributed by atoms with van der Waals surface area (Å²) >= 11 is 7.53. The van der Waals surface area contributed by atoms with Gasteiger partial charge in [-0.2, -0.15) is 0 Å². The van der Waals surface area contributed by atoms with Gasteiger partial charge >= 0.3 is 0 Å². The molecule has 3 N–H and O–H groups in total. The zero-order valence-electron chi connectivity index (χ0n) is 21.1. The third-order valence-electron chi connectivity index (χ3n) is 6.79. The van der Waals surface area contributed by atoms with Crippen molar-refractivity contribution in [2.45, 2.75) is 37.1 Å². The SMILES string of the molecule is CCc1cc(-c2csc3c(NS(=O)(=O)c4ccccc4Cl)ncnc23)cc2cnc(NC3CCCNC3)nc12. The summed E-state index contributed by atoms with van der Waals surface area (Å²) in [7, 11) is -3.94. The van der Waals surface area contributed by atoms with Crippen molar-refractivity contribution in [3.63, 3.8) is 0 Å². The molecule has 0 aliphatic carbocycles. The minimum absolute atomic E-state index is 0.00839. The summed E-state index contributed by atoms with van der Waals surface area (Å²) in [5, 5.41) is 9.92. The van der Waals surface area contributed by atoms with Gasteiger partial charge in [-0.15, -0.1) is 11.3 Å². The second kappa shape index (κ2) is 10.6. The molecule has 9 nitrogen and oxygen atoms in total. The molecule has 200 valence electrons. The van der Waals surface area contributed by atoms with Crippen LogP contribution in [0.5, 0.6) is 0 Å². The number of sulfonamides is 1. The number of anilines is 2. The van der Waals surface area contributed by atoms with E-state index in [2.05, 4.69) is 49.4 Å². The highest BCUT2D eigenvalue weighted by Crippen LogP contribution is 2.38. The van der Waals surface area contributed by atoms with Gasteiger partial charge in [0.1, 0.15) is 11.2 Å². The van der Waals surface area contributed by atoms with Gasteiger partial charge in [-0.1, -0.05) is 30.7 Å². The average Bonchev–Trinajstić information content (AvgIpc) is 3.38. The molecule has 1 fully saturated rings. The highest BCUT2D eigenvalue weighted by atomic mass is 35.5. The zero-order chi connectivity index (χ0) is 27.0. The van der Waals surface area contributed by atoms with Crippen LogP contribution < -0.4 is 15.4 Å². The van der Waals surface area contributed by atoms with E-state index in [1.165, 1.54) is 29.8 Å². The predicted octanol–water partition coefficient (Wildman–Crippen LogP) is 5.48. The number of thiophene rings is 1. The standard InChI is InChI=1S/C27H26ClN7O2S2/c1-2-16-10-17(11-18-12-30-27(34-23(16)18)33-19-6-5-9-29-13-19)20-14-38-25-24(20)31-15-32-26(25)35-39(36,37)22-8-4-3-7-21(22)28/h3-4,7-8,10-12,14-15,19,29H,2,5-6,9,13H2,1H3,(H,30,33,34)(H,31,32,35). The van der Waals surface area contributed by atoms with Crippen molar-refractivity contribution < 1.29 is 8.42 Å². The molecule has 1 aliphatic rings. The summed E-state index contributed by atoms with van der Waals surface area (Å²) in [5.74, 6) is 0.853. The minimum atomic E-state index is -3.94. The molecule has 0 radical (unpaired) electrons. The lowest BCUT2D eigenvalue weighted by Crippen LogP contribution is -2.38. The van der Waals surface area contributed by atoms with Gasteiger partial charge in [0, 0.05) is 35.1 Å². The van der Waals surface area contributed by atoms with E-state index in [-0.39, 0.29) is 15.7 Å². The number of halogens is 1. The number of hydrogen-bond donors (Lipinski definition) is 3. The van der Waals surface area contributed by atoms with Crippen molar-refractivity contribution in [1.82, 2.24) is 25.3 Å². The summed E-state index contributed by atoms with van der Waals surface area (Å²) in [6.07, 6.45) is 6.25. The van der Waals surface area contributed by atoms with Crippen LogP contribution in [0.3, 0.4) is 0 Å². The van der Waals surface area contributed by atoms with E-state index >= 15 is 0 Å². The fraction of sp³-hybridized carbons (Fsp3) is 0.259. The van der Waals surface area contributed by atoms with E-state index in [0.29, 0.717) is 22.2 Å². The Morgan fingerprint density at radius 1 is 1.15 bits per heavy atom. The second-order valence-electron chi connectivity index (χ2n) is 9.39. The number of nitrogens with one attached hydrogen (secondary N) is 3. The molecular formula is C27H26ClN7O2S2. The van der Waals surface area contributed by atoms with Crippen LogP contribution in [0.15, 0.2) is 59.2 Å². The van der Waals surface area contributed by atoms with Gasteiger partial charge in [0.2, 0.25) is 5.95 Å². The number of piperidine rings is 1. The van der Waals surface area contributed by atoms with Crippen molar-refractivity contribution in [3.8, 4) is 11.1 Å². The number of fused-ring (bicyclic) bond motifs is 2. The maximum absolute atomic E-state index is 13.1. The van der Waals surface area contributed by atoms with Crippen LogP contribution in [0.2, 0.25) is 5.02 Å². The first kappa shape index (κ1) is 25.9. The van der Waals surface area contributed by atoms with Gasteiger partial charge < -0.3 is 10.6 Å². The molecule has 1 saturated heterocycles. The topological polar surface area (TPSA) is 122 Å². The first-order valence-corrected chi connectivity index (χ1v) is 15.4. The predicted molar refractivity (Wildman–Crippen MR) is 157 cm³/mol. The molecule has 12 heteroatoms. The van der Waals surface area contributed by atoms with Gasteiger partial charge in [0.25, 0.3) is 10.0 Å². The number of nitrogens with zero attached hydrogens (tertiary/aromatic N) is 4. The second-order valence-corrected chi connectivity index (χ2v) is 12.3. The van der Waals surface area contributed by atoms with Crippen molar-refractivity contribution in [3.05, 3.63) is 64.9 Å². The van der Waals surface area contributed by atoms with Gasteiger partial charge in [-0.05, 0) is 61.2 Å². The van der Waals surface area contributed by atoms with E-state index in [4.69, 9.17) is 16.6 Å². The highest BCUT2D eigenvalue weighted by Gasteiger charge is 2.22. The quantitative estimate of drug-likeness (QED) is 0.232. The molecule has 6 rings (SSSR count). The lowest BCUT2D eigenvalue weighted by atomic mass is 10.00. The first-order chi connectivity index (χ1) is 18.9. The third kappa shape index (κ3) is 5.14. The van der Waals surface area contributed by atoms with E-state index in [1.54, 1.807) is 12.1 Å². The Labute approximate surface area is 235 Å². The van der Waals surface area contributed by atoms with E-state index in [0.717, 1.165) is 59.9 Å². The van der Waals surface area contributed by atoms with Gasteiger partial charge in [-0.25, -0.2) is 28.4 Å². The van der Waals surface area contributed by atoms with Crippen molar-refractivity contribution in [2.75, 3.05) is 23.1 Å². The Hall–Kier alpha value is -3.38. The third-order valence-corrected chi connectivity index (χ3v) is 9.61. The Bertz CT molecular complexity index is 1790. The van der Waals surface area contributed by atoms with Crippen LogP contribution in [-0.2, 0) is 16.4 Å². The molecule has 5 aromatic rings. The van der Waals surface area contributed by atoms with E-state index < -0.39 is 10.0 Å². The summed E-state index contributed by atoms with van der Waals surface area (Å²) in [6, 6.07) is 10.8. The van der Waals surface area contributed by atoms with E-state index in [9.17, 15) is 8.42 Å². The van der Waals surface area contributed by atoms with Gasteiger partial charge in [0.05, 0.1) is 20.8 Å². The van der Waals surface area contributed by atoms with Crippen LogP contribution in [-0.4, -0.2) is 47.5 Å². The molecule has 1 unspecified atom stereocenters. The molecule has 1 aliphatic heterocycles. The smallest absolute Gasteiger partial charge is 0.264 e. The number of benzene rings is 2. The van der Waals surface area contributed by atoms with Crippen molar-refractivity contribution in [1.29, 1.82) is 0 Å². The largest absolute Gasteiger partial charge is 0.350 e. The van der Waals surface area contributed by atoms with Gasteiger partial charge in [-0.3, -0.25) is 4.72 Å². The normalized spacial score (nSPS) is 16.0. The molecular weight excluding hydrogens is 554 g/mol. The molecule has 3 aromatic heterocycles. The molecule has 0 bridgehead atoms. The number of rotatable bonds is 7. The monoisotopic (exact) mass is 579 g/mol. The lowest BCUT2D eigenvalue weighted by molar-refractivity contribution is 0.478. The van der Waals surface area contributed by atoms with Crippen LogP contribution in [0.1, 0.15) is 25.3 Å². The lowest BCUT2D eigenvalue weighted by Gasteiger charge is -2.23. The van der Waals surface area contributed by atoms with E-state index in [1.807, 2.05) is 11.6 Å². The molecule has 0 amide bonds. The molecule has 0 spiro atoms. The molecule has 2 aromatic carbocycles. The Morgan fingerprint density at radius 3 is 2.82 bits per heavy atom. The minimum Gasteiger partial charge on any atom is -0.350 e. The summed E-state index contributed by atoms with van der Waals surface area (Å²) in [6.45, 7) is 4.06. The first-order valence-electron chi connectivity index (χ1n) is 12.7. The van der Waals surface area contributed by atoms with Crippen molar-refractivity contribution >= 4 is 65.8 Å². The molecule has 0 saturated carbocycles. The van der Waals surface area contributed by atoms with Crippen LogP contribution in [0.25, 0.3) is 32.2 Å². The van der Waals surface area contributed by atoms with Crippen LogP contribution in [0, 0.1) is 0 Å². The fourth-order valence-corrected chi connectivity index (χ4v) is 7.42. The van der Waals surface area contributed by atoms with Crippen LogP contribution >= 0.6 is 22.9 Å². The number of hydrogen-bond acceptors (Lipinski definition) is 9. The Morgan fingerprint density at radius 2 is 2.03 bits per heavy atom. The Balaban J connectivity index is 1.36. The number of aromatic nitrogens is 4. The fourth-order valence-electron chi connectivity index (χ4n) is 4.84. The van der Waals surface area contributed by atoms with Crippen LogP contribution in [0.4, 0.5) is 11.8 Å². The summed E-state index contributed by atoms with van der Waals surface area (Å²) in [4.78, 5) is 18.2. The molecule has 4 heterocycles. The summed E-state index contributed by atoms with van der Waals surface area (Å²) in [5.41, 5.74) is 4.54. The Kier molecular flexibility index (Phi) is 7.06. The zero-order valence-corrected chi connectivity index (χ0v) is 23.5. The maximum Gasteiger partial charge on any atom is 0.264 e. The summed E-state index contributed by atoms with van der Waals surface area (Å²) < 4.78 is 29.3. The van der Waals surface area contributed by atoms with Crippen molar-refractivity contribution in [2.24, 2.45) is 0 Å². The van der Waals surface area contributed by atoms with Gasteiger partial charge in [0.15, 0.2) is 5.82 Å². The maximum atomic E-state index is 13.1. The highest BCUT2D eigenvalue weighted by molar-refractivity contribution is 7.92. The molecule has 39 heavy (non-hydrogen) atoms. The molecule has 1 atom stereocenters. The average molecular weight is 580 g/mol.